The summed E-state index contributed by atoms with van der Waals surface area (Å²) in [7, 11) is 0. The monoisotopic (exact) mass is 232 g/mol. The molecule has 0 radical (unpaired) electrons. The Balaban J connectivity index is 2.65. The van der Waals surface area contributed by atoms with Crippen molar-refractivity contribution in [3.05, 3.63) is 66.2 Å². The minimum absolute atomic E-state index is 1.05. The van der Waals surface area contributed by atoms with Gasteiger partial charge in [-0.2, -0.15) is 0 Å². The Morgan fingerprint density at radius 2 is 1.28 bits per heavy atom. The molecule has 3 aromatic carbocycles. The Bertz CT molecular complexity index is 678. The van der Waals surface area contributed by atoms with Crippen LogP contribution in [0, 0.1) is 0 Å². The van der Waals surface area contributed by atoms with Gasteiger partial charge in [0.1, 0.15) is 0 Å². The van der Waals surface area contributed by atoms with Crippen LogP contribution in [0.2, 0.25) is 0 Å². The maximum atomic E-state index is 3.99. The van der Waals surface area contributed by atoms with Crippen LogP contribution in [0.25, 0.3) is 27.6 Å². The van der Waals surface area contributed by atoms with E-state index in [4.69, 9.17) is 0 Å². The summed E-state index contributed by atoms with van der Waals surface area (Å²) < 4.78 is 0. The van der Waals surface area contributed by atoms with Gasteiger partial charge in [0.25, 0.3) is 0 Å². The molecule has 0 aliphatic carbocycles. The van der Waals surface area contributed by atoms with Crippen molar-refractivity contribution in [3.63, 3.8) is 0 Å². The zero-order valence-corrected chi connectivity index (χ0v) is 10.6. The Morgan fingerprint density at radius 3 is 1.67 bits per heavy atom. The van der Waals surface area contributed by atoms with E-state index in [0.29, 0.717) is 0 Å². The molecule has 0 fully saturated rings. The van der Waals surface area contributed by atoms with E-state index >= 15 is 0 Å². The molecule has 18 heavy (non-hydrogen) atoms. The Hall–Kier alpha value is -2.08. The van der Waals surface area contributed by atoms with E-state index in [2.05, 4.69) is 62.0 Å². The van der Waals surface area contributed by atoms with E-state index in [0.717, 1.165) is 6.42 Å². The van der Waals surface area contributed by atoms with E-state index in [1.54, 1.807) is 0 Å². The van der Waals surface area contributed by atoms with Crippen molar-refractivity contribution in [1.29, 1.82) is 0 Å². The van der Waals surface area contributed by atoms with Gasteiger partial charge in [-0.05, 0) is 39.1 Å². The lowest BCUT2D eigenvalue weighted by atomic mass is 9.91. The standard InChI is InChI=1S/C18H16/c1-3-13-15-9-5-7-11-17(15)14(4-2)18-12-8-6-10-16(13)18/h3,5-12H,1,4H2,2H3. The fraction of sp³-hybridized carbons (Fsp3) is 0.111. The van der Waals surface area contributed by atoms with Crippen molar-refractivity contribution in [3.8, 4) is 0 Å². The van der Waals surface area contributed by atoms with Gasteiger partial charge in [0.05, 0.1) is 0 Å². The SMILES string of the molecule is C=Cc1c2ccccc2c(CC)c2ccccc12. The van der Waals surface area contributed by atoms with Gasteiger partial charge in [-0.25, -0.2) is 0 Å². The first-order valence-electron chi connectivity index (χ1n) is 6.41. The molecule has 0 atom stereocenters. The number of benzene rings is 3. The maximum absolute atomic E-state index is 3.99. The lowest BCUT2D eigenvalue weighted by Crippen LogP contribution is -1.90. The van der Waals surface area contributed by atoms with Crippen LogP contribution in [0.4, 0.5) is 0 Å². The summed E-state index contributed by atoms with van der Waals surface area (Å²) in [6.45, 7) is 6.21. The number of rotatable bonds is 2. The van der Waals surface area contributed by atoms with Crippen molar-refractivity contribution < 1.29 is 0 Å². The molecule has 0 saturated heterocycles. The van der Waals surface area contributed by atoms with Gasteiger partial charge < -0.3 is 0 Å². The van der Waals surface area contributed by atoms with E-state index in [1.165, 1.54) is 32.7 Å². The molecule has 0 nitrogen and oxygen atoms in total. The largest absolute Gasteiger partial charge is 0.0984 e. The third kappa shape index (κ3) is 1.46. The molecule has 0 bridgehead atoms. The lowest BCUT2D eigenvalue weighted by Gasteiger charge is -2.13. The van der Waals surface area contributed by atoms with Gasteiger partial charge in [0, 0.05) is 0 Å². The summed E-state index contributed by atoms with van der Waals surface area (Å²) >= 11 is 0. The molecule has 0 saturated carbocycles. The highest BCUT2D eigenvalue weighted by Crippen LogP contribution is 2.33. The average molecular weight is 232 g/mol. The van der Waals surface area contributed by atoms with Gasteiger partial charge in [-0.15, -0.1) is 0 Å². The van der Waals surface area contributed by atoms with Gasteiger partial charge in [0.15, 0.2) is 0 Å². The highest BCUT2D eigenvalue weighted by Gasteiger charge is 2.09. The van der Waals surface area contributed by atoms with Crippen LogP contribution in [0.3, 0.4) is 0 Å². The first-order valence-corrected chi connectivity index (χ1v) is 6.41. The lowest BCUT2D eigenvalue weighted by molar-refractivity contribution is 1.18. The number of fused-ring (bicyclic) bond motifs is 2. The highest BCUT2D eigenvalue weighted by atomic mass is 14.1. The van der Waals surface area contributed by atoms with Gasteiger partial charge >= 0.3 is 0 Å². The van der Waals surface area contributed by atoms with E-state index in [-0.39, 0.29) is 0 Å². The zero-order valence-electron chi connectivity index (χ0n) is 10.6. The molecule has 0 spiro atoms. The Morgan fingerprint density at radius 1 is 0.833 bits per heavy atom. The van der Waals surface area contributed by atoms with Crippen molar-refractivity contribution in [2.45, 2.75) is 13.3 Å². The molecular weight excluding hydrogens is 216 g/mol. The smallest absolute Gasteiger partial charge is 0.0102 e. The number of hydrogen-bond donors (Lipinski definition) is 0. The van der Waals surface area contributed by atoms with E-state index in [9.17, 15) is 0 Å². The van der Waals surface area contributed by atoms with Gasteiger partial charge in [0.2, 0.25) is 0 Å². The number of aryl methyl sites for hydroxylation is 1. The van der Waals surface area contributed by atoms with Crippen LogP contribution in [0.5, 0.6) is 0 Å². The second-order valence-electron chi connectivity index (χ2n) is 4.54. The average Bonchev–Trinajstić information content (AvgIpc) is 2.44. The fourth-order valence-electron chi connectivity index (χ4n) is 2.85. The summed E-state index contributed by atoms with van der Waals surface area (Å²) in [5.74, 6) is 0. The minimum atomic E-state index is 1.05. The topological polar surface area (TPSA) is 0 Å². The normalized spacial score (nSPS) is 10.9. The summed E-state index contributed by atoms with van der Waals surface area (Å²) in [6.07, 6.45) is 3.03. The molecule has 0 amide bonds. The summed E-state index contributed by atoms with van der Waals surface area (Å²) in [6, 6.07) is 17.2. The van der Waals surface area contributed by atoms with Crippen LogP contribution >= 0.6 is 0 Å². The predicted octanol–water partition coefficient (Wildman–Crippen LogP) is 5.20. The van der Waals surface area contributed by atoms with Crippen LogP contribution in [-0.4, -0.2) is 0 Å². The maximum Gasteiger partial charge on any atom is -0.0102 e. The van der Waals surface area contributed by atoms with E-state index in [1.807, 2.05) is 6.08 Å². The second-order valence-corrected chi connectivity index (χ2v) is 4.54. The molecule has 0 unspecified atom stereocenters. The van der Waals surface area contributed by atoms with Crippen molar-refractivity contribution >= 4 is 27.6 Å². The number of hydrogen-bond acceptors (Lipinski definition) is 0. The summed E-state index contributed by atoms with van der Waals surface area (Å²) in [4.78, 5) is 0. The van der Waals surface area contributed by atoms with E-state index < -0.39 is 0 Å². The molecule has 3 rings (SSSR count). The summed E-state index contributed by atoms with van der Waals surface area (Å²) in [5, 5.41) is 5.33. The molecular formula is C18H16. The molecule has 88 valence electrons. The first kappa shape index (κ1) is 11.0. The Labute approximate surface area is 108 Å². The predicted molar refractivity (Wildman–Crippen MR) is 80.9 cm³/mol. The molecule has 3 aromatic rings. The third-order valence-electron chi connectivity index (χ3n) is 3.64. The molecule has 0 aliphatic heterocycles. The molecule has 0 aromatic heterocycles. The minimum Gasteiger partial charge on any atom is -0.0984 e. The Kier molecular flexibility index (Phi) is 2.64. The highest BCUT2D eigenvalue weighted by molar-refractivity contribution is 6.09. The van der Waals surface area contributed by atoms with Crippen LogP contribution < -0.4 is 0 Å². The molecule has 0 heteroatoms. The van der Waals surface area contributed by atoms with Crippen LogP contribution in [0.15, 0.2) is 55.1 Å². The van der Waals surface area contributed by atoms with Crippen molar-refractivity contribution in [1.82, 2.24) is 0 Å². The fourth-order valence-corrected chi connectivity index (χ4v) is 2.85. The zero-order chi connectivity index (χ0) is 12.5. The first-order chi connectivity index (χ1) is 8.86. The molecule has 0 N–H and O–H groups in total. The third-order valence-corrected chi connectivity index (χ3v) is 3.64. The van der Waals surface area contributed by atoms with Crippen LogP contribution in [-0.2, 0) is 6.42 Å². The molecule has 0 heterocycles. The van der Waals surface area contributed by atoms with Crippen molar-refractivity contribution in [2.75, 3.05) is 0 Å². The molecule has 0 aliphatic rings. The summed E-state index contributed by atoms with van der Waals surface area (Å²) in [5.41, 5.74) is 2.69. The second kappa shape index (κ2) is 4.30. The quantitative estimate of drug-likeness (QED) is 0.533. The van der Waals surface area contributed by atoms with Gasteiger partial charge in [-0.1, -0.05) is 68.1 Å². The van der Waals surface area contributed by atoms with Gasteiger partial charge in [-0.3, -0.25) is 0 Å². The van der Waals surface area contributed by atoms with Crippen molar-refractivity contribution in [2.24, 2.45) is 0 Å². The van der Waals surface area contributed by atoms with Crippen LogP contribution in [0.1, 0.15) is 18.1 Å².